The van der Waals surface area contributed by atoms with Crippen LogP contribution in [0.2, 0.25) is 5.15 Å². The van der Waals surface area contributed by atoms with Crippen molar-refractivity contribution >= 4 is 45.9 Å². The van der Waals surface area contributed by atoms with Crippen molar-refractivity contribution in [2.45, 2.75) is 13.0 Å². The fourth-order valence-electron chi connectivity index (χ4n) is 1.47. The second-order valence-electron chi connectivity index (χ2n) is 3.84. The highest BCUT2D eigenvalue weighted by Crippen LogP contribution is 2.22. The molecule has 2 aromatic rings. The molecule has 1 atom stereocenters. The van der Waals surface area contributed by atoms with Crippen LogP contribution >= 0.6 is 22.9 Å². The molecule has 0 aliphatic heterocycles. The van der Waals surface area contributed by atoms with Crippen molar-refractivity contribution in [2.24, 2.45) is 0 Å². The molecule has 2 amide bonds. The van der Waals surface area contributed by atoms with Crippen molar-refractivity contribution in [2.75, 3.05) is 7.11 Å². The first kappa shape index (κ1) is 15.3. The van der Waals surface area contributed by atoms with Gasteiger partial charge in [0.05, 0.1) is 7.11 Å². The average Bonchev–Trinajstić information content (AvgIpc) is 2.97. The Labute approximate surface area is 127 Å². The smallest absolute Gasteiger partial charge is 0.413 e. The van der Waals surface area contributed by atoms with E-state index in [9.17, 15) is 14.4 Å². The van der Waals surface area contributed by atoms with Crippen LogP contribution in [-0.2, 0) is 14.3 Å². The largest absolute Gasteiger partial charge is 0.453 e. The van der Waals surface area contributed by atoms with E-state index < -0.39 is 24.1 Å². The number of thiazole rings is 1. The molecule has 0 radical (unpaired) electrons. The molecule has 0 saturated carbocycles. The molecule has 10 heteroatoms. The van der Waals surface area contributed by atoms with Gasteiger partial charge in [-0.3, -0.25) is 14.5 Å². The number of fused-ring (bicyclic) bond motifs is 1. The molecule has 2 heterocycles. The summed E-state index contributed by atoms with van der Waals surface area (Å²) >= 11 is 7.17. The van der Waals surface area contributed by atoms with E-state index in [1.54, 1.807) is 11.6 Å². The maximum atomic E-state index is 12.0. The Morgan fingerprint density at radius 3 is 2.86 bits per heavy atom. The number of nitrogens with zero attached hydrogens (tertiary/aromatic N) is 2. The van der Waals surface area contributed by atoms with Gasteiger partial charge in [-0.25, -0.2) is 14.6 Å². The van der Waals surface area contributed by atoms with E-state index in [2.05, 4.69) is 9.72 Å². The number of ether oxygens (including phenoxy) is 2. The first-order chi connectivity index (χ1) is 9.93. The Balaban J connectivity index is 2.10. The molecule has 0 fully saturated rings. The van der Waals surface area contributed by atoms with Gasteiger partial charge in [0.2, 0.25) is 0 Å². The molecule has 112 valence electrons. The van der Waals surface area contributed by atoms with Crippen molar-refractivity contribution < 1.29 is 23.9 Å². The third-order valence-electron chi connectivity index (χ3n) is 2.48. The molecule has 0 aliphatic rings. The number of alkyl carbamates (subject to hydrolysis) is 1. The number of esters is 1. The lowest BCUT2D eigenvalue weighted by atomic mass is 10.3. The number of hydrogen-bond donors (Lipinski definition) is 1. The third-order valence-corrected chi connectivity index (χ3v) is 3.50. The number of methoxy groups -OCH3 is 1. The number of aromatic nitrogens is 2. The minimum atomic E-state index is -1.20. The van der Waals surface area contributed by atoms with Gasteiger partial charge in [-0.2, -0.15) is 0 Å². The molecule has 0 aliphatic carbocycles. The van der Waals surface area contributed by atoms with Crippen LogP contribution in [0.3, 0.4) is 0 Å². The normalized spacial score (nSPS) is 12.0. The summed E-state index contributed by atoms with van der Waals surface area (Å²) in [6.07, 6.45) is -0.531. The van der Waals surface area contributed by atoms with Crippen LogP contribution < -0.4 is 5.32 Å². The van der Waals surface area contributed by atoms with E-state index in [0.717, 1.165) is 7.11 Å². The molecular weight excluding hydrogens is 322 g/mol. The Bertz CT molecular complexity index is 710. The number of nitrogens with one attached hydrogen (secondary N) is 1. The first-order valence-corrected chi connectivity index (χ1v) is 6.90. The van der Waals surface area contributed by atoms with E-state index in [1.807, 2.05) is 5.32 Å². The van der Waals surface area contributed by atoms with Gasteiger partial charge in [0.25, 0.3) is 5.91 Å². The number of halogens is 1. The lowest BCUT2D eigenvalue weighted by Crippen LogP contribution is -2.39. The minimum Gasteiger partial charge on any atom is -0.453 e. The highest BCUT2D eigenvalue weighted by molar-refractivity contribution is 7.15. The highest BCUT2D eigenvalue weighted by Gasteiger charge is 2.25. The van der Waals surface area contributed by atoms with E-state index in [0.29, 0.717) is 4.96 Å². The van der Waals surface area contributed by atoms with Gasteiger partial charge in [0.15, 0.2) is 21.9 Å². The molecule has 0 saturated heterocycles. The molecule has 0 unspecified atom stereocenters. The standard InChI is InChI=1S/C11H10ClN3O5S/c1-5(8(16)14-11(18)19-2)20-9(17)6-7(12)13-10-15(6)3-4-21-10/h3-5H,1-2H3,(H,14,16,18)/t5-/m0/s1. The van der Waals surface area contributed by atoms with Gasteiger partial charge in [0, 0.05) is 11.6 Å². The number of rotatable bonds is 3. The van der Waals surface area contributed by atoms with Gasteiger partial charge in [-0.05, 0) is 6.92 Å². The number of imide groups is 1. The first-order valence-electron chi connectivity index (χ1n) is 5.65. The third kappa shape index (κ3) is 3.14. The maximum absolute atomic E-state index is 12.0. The number of hydrogen-bond acceptors (Lipinski definition) is 7. The Morgan fingerprint density at radius 2 is 2.19 bits per heavy atom. The summed E-state index contributed by atoms with van der Waals surface area (Å²) in [6.45, 7) is 1.32. The van der Waals surface area contributed by atoms with Gasteiger partial charge < -0.3 is 9.47 Å². The molecule has 1 N–H and O–H groups in total. The predicted octanol–water partition coefficient (Wildman–Crippen LogP) is 1.48. The van der Waals surface area contributed by atoms with Gasteiger partial charge in [-0.1, -0.05) is 11.6 Å². The van der Waals surface area contributed by atoms with Crippen LogP contribution in [0.15, 0.2) is 11.6 Å². The lowest BCUT2D eigenvalue weighted by Gasteiger charge is -2.11. The summed E-state index contributed by atoms with van der Waals surface area (Å²) < 4.78 is 10.7. The number of carbonyl (C=O) groups is 3. The van der Waals surface area contributed by atoms with E-state index in [1.165, 1.54) is 22.7 Å². The second-order valence-corrected chi connectivity index (χ2v) is 5.07. The van der Waals surface area contributed by atoms with Crippen LogP contribution in [0.4, 0.5) is 4.79 Å². The fourth-order valence-corrected chi connectivity index (χ4v) is 2.48. The minimum absolute atomic E-state index is 0.0191. The summed E-state index contributed by atoms with van der Waals surface area (Å²) in [4.78, 5) is 39.0. The maximum Gasteiger partial charge on any atom is 0.413 e. The average molecular weight is 332 g/mol. The Morgan fingerprint density at radius 1 is 1.48 bits per heavy atom. The molecule has 2 rings (SSSR count). The summed E-state index contributed by atoms with van der Waals surface area (Å²) in [5, 5.41) is 3.60. The second kappa shape index (κ2) is 6.10. The van der Waals surface area contributed by atoms with Gasteiger partial charge in [-0.15, -0.1) is 11.3 Å². The zero-order valence-electron chi connectivity index (χ0n) is 11.0. The molecule has 0 bridgehead atoms. The molecule has 21 heavy (non-hydrogen) atoms. The number of carbonyl (C=O) groups excluding carboxylic acids is 3. The van der Waals surface area contributed by atoms with E-state index in [-0.39, 0.29) is 10.8 Å². The van der Waals surface area contributed by atoms with Crippen LogP contribution in [0.1, 0.15) is 17.4 Å². The Kier molecular flexibility index (Phi) is 4.43. The van der Waals surface area contributed by atoms with Crippen molar-refractivity contribution in [3.8, 4) is 0 Å². The van der Waals surface area contributed by atoms with Crippen LogP contribution in [0.5, 0.6) is 0 Å². The number of amides is 2. The zero-order valence-corrected chi connectivity index (χ0v) is 12.5. The van der Waals surface area contributed by atoms with Crippen molar-refractivity contribution in [3.63, 3.8) is 0 Å². The van der Waals surface area contributed by atoms with Crippen molar-refractivity contribution in [1.29, 1.82) is 0 Å². The zero-order chi connectivity index (χ0) is 15.6. The van der Waals surface area contributed by atoms with Crippen molar-refractivity contribution in [3.05, 3.63) is 22.4 Å². The Hall–Kier alpha value is -2.13. The lowest BCUT2D eigenvalue weighted by molar-refractivity contribution is -0.128. The molecule has 8 nitrogen and oxygen atoms in total. The quantitative estimate of drug-likeness (QED) is 0.855. The summed E-state index contributed by atoms with van der Waals surface area (Å²) in [5.74, 6) is -1.63. The number of imidazole rings is 1. The van der Waals surface area contributed by atoms with Gasteiger partial charge >= 0.3 is 12.1 Å². The SMILES string of the molecule is COC(=O)NC(=O)[C@H](C)OC(=O)c1c(Cl)nc2sccn12. The van der Waals surface area contributed by atoms with Crippen LogP contribution in [-0.4, -0.2) is 40.6 Å². The monoisotopic (exact) mass is 331 g/mol. The highest BCUT2D eigenvalue weighted by atomic mass is 35.5. The van der Waals surface area contributed by atoms with Crippen molar-refractivity contribution in [1.82, 2.24) is 14.7 Å². The molecule has 0 aromatic carbocycles. The van der Waals surface area contributed by atoms with Gasteiger partial charge in [0.1, 0.15) is 0 Å². The fraction of sp³-hybridized carbons (Fsp3) is 0.273. The molecular formula is C11H10ClN3O5S. The summed E-state index contributed by atoms with van der Waals surface area (Å²) in [5.41, 5.74) is 0.0191. The topological polar surface area (TPSA) is 99.0 Å². The molecule has 0 spiro atoms. The summed E-state index contributed by atoms with van der Waals surface area (Å²) in [7, 11) is 1.11. The van der Waals surface area contributed by atoms with E-state index >= 15 is 0 Å². The van der Waals surface area contributed by atoms with Crippen LogP contribution in [0, 0.1) is 0 Å². The molecule has 2 aromatic heterocycles. The van der Waals surface area contributed by atoms with E-state index in [4.69, 9.17) is 16.3 Å². The summed E-state index contributed by atoms with van der Waals surface area (Å²) in [6, 6.07) is 0. The predicted molar refractivity (Wildman–Crippen MR) is 73.5 cm³/mol. The van der Waals surface area contributed by atoms with Crippen LogP contribution in [0.25, 0.3) is 4.96 Å².